The van der Waals surface area contributed by atoms with E-state index in [9.17, 15) is 0 Å². The first-order chi connectivity index (χ1) is 6.33. The van der Waals surface area contributed by atoms with E-state index >= 15 is 0 Å². The molecule has 1 aromatic carbocycles. The van der Waals surface area contributed by atoms with Crippen molar-refractivity contribution in [1.82, 2.24) is 0 Å². The summed E-state index contributed by atoms with van der Waals surface area (Å²) in [5.74, 6) is 3.09. The summed E-state index contributed by atoms with van der Waals surface area (Å²) in [4.78, 5) is 0.900. The number of thiol groups is 1. The van der Waals surface area contributed by atoms with Crippen LogP contribution < -0.4 is 4.74 Å². The van der Waals surface area contributed by atoms with Crippen molar-refractivity contribution in [3.63, 3.8) is 0 Å². The molecule has 0 unspecified atom stereocenters. The van der Waals surface area contributed by atoms with E-state index in [1.165, 1.54) is 0 Å². The summed E-state index contributed by atoms with van der Waals surface area (Å²) in [6, 6.07) is 7.34. The van der Waals surface area contributed by atoms with Gasteiger partial charge in [0.05, 0.1) is 0 Å². The molecule has 1 rings (SSSR count). The second-order valence-electron chi connectivity index (χ2n) is 2.31. The van der Waals surface area contributed by atoms with Crippen LogP contribution in [0.1, 0.15) is 0 Å². The van der Waals surface area contributed by atoms with Gasteiger partial charge in [-0.3, -0.25) is 0 Å². The van der Waals surface area contributed by atoms with Crippen LogP contribution in [-0.4, -0.2) is 13.4 Å². The van der Waals surface area contributed by atoms with E-state index in [1.54, 1.807) is 0 Å². The largest absolute Gasteiger partial charge is 0.468 e. The lowest BCUT2D eigenvalue weighted by Crippen LogP contribution is -2.02. The van der Waals surface area contributed by atoms with Gasteiger partial charge in [0.15, 0.2) is 6.79 Å². The van der Waals surface area contributed by atoms with E-state index in [-0.39, 0.29) is 13.4 Å². The highest BCUT2D eigenvalue weighted by molar-refractivity contribution is 7.80. The molecule has 0 aliphatic heterocycles. The average Bonchev–Trinajstić information content (AvgIpc) is 2.15. The summed E-state index contributed by atoms with van der Waals surface area (Å²) < 4.78 is 10.2. The molecule has 0 saturated carbocycles. The number of rotatable bonds is 4. The van der Waals surface area contributed by atoms with Crippen LogP contribution in [0.5, 0.6) is 5.75 Å². The van der Waals surface area contributed by atoms with E-state index in [0.29, 0.717) is 0 Å². The molecule has 0 spiro atoms. The molecular weight excluding hydrogens is 184 g/mol. The van der Waals surface area contributed by atoms with Gasteiger partial charge in [-0.15, -0.1) is 19.1 Å². The van der Waals surface area contributed by atoms with E-state index in [0.717, 1.165) is 10.6 Å². The van der Waals surface area contributed by atoms with Gasteiger partial charge in [0.25, 0.3) is 0 Å². The molecule has 68 valence electrons. The highest BCUT2D eigenvalue weighted by atomic mass is 32.1. The Morgan fingerprint density at radius 1 is 1.31 bits per heavy atom. The molecule has 1 aromatic rings. The van der Waals surface area contributed by atoms with Crippen LogP contribution in [0.25, 0.3) is 0 Å². The topological polar surface area (TPSA) is 18.5 Å². The monoisotopic (exact) mass is 194 g/mol. The van der Waals surface area contributed by atoms with Gasteiger partial charge in [-0.2, -0.15) is 0 Å². The molecule has 0 aliphatic rings. The van der Waals surface area contributed by atoms with Crippen molar-refractivity contribution in [2.24, 2.45) is 0 Å². The predicted molar refractivity (Wildman–Crippen MR) is 54.0 cm³/mol. The molecular formula is C10H10O2S. The molecule has 13 heavy (non-hydrogen) atoms. The zero-order valence-corrected chi connectivity index (χ0v) is 7.96. The Kier molecular flexibility index (Phi) is 4.24. The molecule has 0 bridgehead atoms. The molecule has 0 amide bonds. The lowest BCUT2D eigenvalue weighted by Gasteiger charge is -2.04. The summed E-state index contributed by atoms with van der Waals surface area (Å²) >= 11 is 4.14. The first kappa shape index (κ1) is 9.97. The maximum atomic E-state index is 5.21. The van der Waals surface area contributed by atoms with Crippen LogP contribution in [0.4, 0.5) is 0 Å². The van der Waals surface area contributed by atoms with E-state index < -0.39 is 0 Å². The maximum absolute atomic E-state index is 5.21. The van der Waals surface area contributed by atoms with Crippen molar-refractivity contribution in [3.8, 4) is 18.1 Å². The van der Waals surface area contributed by atoms with Gasteiger partial charge in [0, 0.05) is 4.90 Å². The minimum absolute atomic E-state index is 0.177. The Hall–Kier alpha value is -1.11. The van der Waals surface area contributed by atoms with Crippen molar-refractivity contribution >= 4 is 12.6 Å². The molecule has 0 fully saturated rings. The van der Waals surface area contributed by atoms with Crippen LogP contribution in [0.2, 0.25) is 0 Å². The lowest BCUT2D eigenvalue weighted by atomic mass is 10.3. The van der Waals surface area contributed by atoms with Crippen LogP contribution in [-0.2, 0) is 4.74 Å². The number of hydrogen-bond acceptors (Lipinski definition) is 3. The quantitative estimate of drug-likeness (QED) is 0.342. The second-order valence-corrected chi connectivity index (χ2v) is 2.83. The molecule has 0 aliphatic carbocycles. The molecule has 0 heterocycles. The molecule has 0 radical (unpaired) electrons. The highest BCUT2D eigenvalue weighted by Crippen LogP contribution is 2.13. The number of terminal acetylenes is 1. The molecule has 0 aromatic heterocycles. The fourth-order valence-electron chi connectivity index (χ4n) is 0.753. The normalized spacial score (nSPS) is 9.23. The first-order valence-electron chi connectivity index (χ1n) is 3.76. The lowest BCUT2D eigenvalue weighted by molar-refractivity contribution is 0.0333. The van der Waals surface area contributed by atoms with E-state index in [4.69, 9.17) is 15.9 Å². The molecule has 0 saturated heterocycles. The van der Waals surface area contributed by atoms with Crippen molar-refractivity contribution < 1.29 is 9.47 Å². The molecule has 0 atom stereocenters. The zero-order valence-electron chi connectivity index (χ0n) is 7.06. The minimum atomic E-state index is 0.177. The smallest absolute Gasteiger partial charge is 0.190 e. The predicted octanol–water partition coefficient (Wildman–Crippen LogP) is 1.96. The van der Waals surface area contributed by atoms with Crippen LogP contribution in [0.3, 0.4) is 0 Å². The minimum Gasteiger partial charge on any atom is -0.468 e. The van der Waals surface area contributed by atoms with Crippen molar-refractivity contribution in [1.29, 1.82) is 0 Å². The molecule has 2 nitrogen and oxygen atoms in total. The Morgan fingerprint density at radius 3 is 2.62 bits per heavy atom. The van der Waals surface area contributed by atoms with Gasteiger partial charge in [-0.05, 0) is 24.3 Å². The third-order valence-electron chi connectivity index (χ3n) is 1.33. The SMILES string of the molecule is C#CCOCOc1ccc(S)cc1. The van der Waals surface area contributed by atoms with Gasteiger partial charge in [0.1, 0.15) is 12.4 Å². The third-order valence-corrected chi connectivity index (χ3v) is 1.63. The summed E-state index contributed by atoms with van der Waals surface area (Å²) in [6.45, 7) is 0.445. The molecule has 3 heteroatoms. The summed E-state index contributed by atoms with van der Waals surface area (Å²) in [6.07, 6.45) is 4.99. The van der Waals surface area contributed by atoms with Crippen molar-refractivity contribution in [2.75, 3.05) is 13.4 Å². The Labute approximate surface area is 83.3 Å². The summed E-state index contributed by atoms with van der Waals surface area (Å²) in [5, 5.41) is 0. The summed E-state index contributed by atoms with van der Waals surface area (Å²) in [5.41, 5.74) is 0. The van der Waals surface area contributed by atoms with Crippen molar-refractivity contribution in [3.05, 3.63) is 24.3 Å². The van der Waals surface area contributed by atoms with E-state index in [1.807, 2.05) is 24.3 Å². The van der Waals surface area contributed by atoms with Gasteiger partial charge in [-0.25, -0.2) is 0 Å². The van der Waals surface area contributed by atoms with Gasteiger partial charge in [-0.1, -0.05) is 5.92 Å². The number of hydrogen-bond donors (Lipinski definition) is 1. The van der Waals surface area contributed by atoms with E-state index in [2.05, 4.69) is 18.5 Å². The van der Waals surface area contributed by atoms with Gasteiger partial charge in [0.2, 0.25) is 0 Å². The average molecular weight is 194 g/mol. The zero-order chi connectivity index (χ0) is 9.52. The van der Waals surface area contributed by atoms with Gasteiger partial charge < -0.3 is 9.47 Å². The van der Waals surface area contributed by atoms with Crippen LogP contribution >= 0.6 is 12.6 Å². The van der Waals surface area contributed by atoms with Crippen LogP contribution in [0, 0.1) is 12.3 Å². The number of ether oxygens (including phenoxy) is 2. The fourth-order valence-corrected chi connectivity index (χ4v) is 0.902. The highest BCUT2D eigenvalue weighted by Gasteiger charge is 1.91. The van der Waals surface area contributed by atoms with Crippen molar-refractivity contribution in [2.45, 2.75) is 4.90 Å². The maximum Gasteiger partial charge on any atom is 0.190 e. The molecule has 0 N–H and O–H groups in total. The number of benzene rings is 1. The Morgan fingerprint density at radius 2 is 2.00 bits per heavy atom. The first-order valence-corrected chi connectivity index (χ1v) is 4.20. The third kappa shape index (κ3) is 3.88. The van der Waals surface area contributed by atoms with Gasteiger partial charge >= 0.3 is 0 Å². The summed E-state index contributed by atoms with van der Waals surface area (Å²) in [7, 11) is 0. The fraction of sp³-hybridized carbons (Fsp3) is 0.200. The standard InChI is InChI=1S/C10H10O2S/c1-2-7-11-8-12-9-3-5-10(13)6-4-9/h1,3-6,13H,7-8H2. The Balaban J connectivity index is 2.30. The Bertz CT molecular complexity index is 287. The second kappa shape index (κ2) is 5.52. The van der Waals surface area contributed by atoms with Crippen LogP contribution in [0.15, 0.2) is 29.2 Å².